The van der Waals surface area contributed by atoms with E-state index in [2.05, 4.69) is 11.9 Å². The zero-order valence-corrected chi connectivity index (χ0v) is 9.63. The fraction of sp³-hybridized carbons (Fsp3) is 0.385. The van der Waals surface area contributed by atoms with Crippen molar-refractivity contribution in [2.24, 2.45) is 0 Å². The van der Waals surface area contributed by atoms with Crippen LogP contribution in [-0.4, -0.2) is 31.1 Å². The van der Waals surface area contributed by atoms with Gasteiger partial charge < -0.3 is 5.32 Å². The summed E-state index contributed by atoms with van der Waals surface area (Å²) < 4.78 is 27.4. The van der Waals surface area contributed by atoms with Crippen LogP contribution in [0.25, 0.3) is 0 Å². The highest BCUT2D eigenvalue weighted by Gasteiger charge is 2.24. The van der Waals surface area contributed by atoms with E-state index in [1.165, 1.54) is 18.2 Å². The number of benzene rings is 1. The van der Waals surface area contributed by atoms with Gasteiger partial charge in [0, 0.05) is 31.7 Å². The van der Waals surface area contributed by atoms with Crippen LogP contribution in [0.4, 0.5) is 8.78 Å². The number of nitrogens with zero attached hydrogens (tertiary/aromatic N) is 1. The molecule has 1 atom stereocenters. The summed E-state index contributed by atoms with van der Waals surface area (Å²) in [6.07, 6.45) is 1.60. The number of rotatable bonds is 3. The Bertz CT molecular complexity index is 380. The van der Waals surface area contributed by atoms with Crippen molar-refractivity contribution in [1.29, 1.82) is 0 Å². The highest BCUT2D eigenvalue weighted by molar-refractivity contribution is 5.26. The van der Waals surface area contributed by atoms with Crippen LogP contribution in [0, 0.1) is 11.6 Å². The van der Waals surface area contributed by atoms with Crippen molar-refractivity contribution in [2.75, 3.05) is 26.2 Å². The first-order valence-electron chi connectivity index (χ1n) is 5.75. The van der Waals surface area contributed by atoms with Gasteiger partial charge in [0.05, 0.1) is 6.04 Å². The van der Waals surface area contributed by atoms with E-state index in [-0.39, 0.29) is 5.56 Å². The van der Waals surface area contributed by atoms with Gasteiger partial charge in [-0.15, -0.1) is 6.58 Å². The van der Waals surface area contributed by atoms with E-state index in [1.54, 1.807) is 6.08 Å². The molecule has 92 valence electrons. The predicted molar refractivity (Wildman–Crippen MR) is 63.7 cm³/mol. The quantitative estimate of drug-likeness (QED) is 0.811. The second-order valence-corrected chi connectivity index (χ2v) is 4.10. The largest absolute Gasteiger partial charge is 0.314 e. The molecule has 0 amide bonds. The first-order chi connectivity index (χ1) is 8.24. The van der Waals surface area contributed by atoms with Crippen molar-refractivity contribution >= 4 is 0 Å². The molecule has 1 fully saturated rings. The van der Waals surface area contributed by atoms with Gasteiger partial charge in [0.25, 0.3) is 0 Å². The molecular weight excluding hydrogens is 222 g/mol. The van der Waals surface area contributed by atoms with Crippen molar-refractivity contribution in [3.05, 3.63) is 48.1 Å². The zero-order valence-electron chi connectivity index (χ0n) is 9.63. The van der Waals surface area contributed by atoms with Crippen LogP contribution >= 0.6 is 0 Å². The van der Waals surface area contributed by atoms with Gasteiger partial charge >= 0.3 is 0 Å². The maximum atomic E-state index is 13.7. The van der Waals surface area contributed by atoms with Crippen molar-refractivity contribution in [1.82, 2.24) is 10.2 Å². The van der Waals surface area contributed by atoms with Crippen LogP contribution in [0.15, 0.2) is 30.9 Å². The second-order valence-electron chi connectivity index (χ2n) is 4.10. The summed E-state index contributed by atoms with van der Waals surface area (Å²) >= 11 is 0. The molecule has 0 radical (unpaired) electrons. The zero-order chi connectivity index (χ0) is 12.3. The minimum Gasteiger partial charge on any atom is -0.314 e. The van der Waals surface area contributed by atoms with Gasteiger partial charge in [-0.2, -0.15) is 0 Å². The smallest absolute Gasteiger partial charge is 0.131 e. The fourth-order valence-corrected chi connectivity index (χ4v) is 2.20. The van der Waals surface area contributed by atoms with E-state index in [0.29, 0.717) is 0 Å². The lowest BCUT2D eigenvalue weighted by molar-refractivity contribution is 0.197. The second kappa shape index (κ2) is 5.38. The van der Waals surface area contributed by atoms with Crippen LogP contribution in [-0.2, 0) is 0 Å². The van der Waals surface area contributed by atoms with Crippen molar-refractivity contribution < 1.29 is 8.78 Å². The first kappa shape index (κ1) is 12.2. The van der Waals surface area contributed by atoms with Gasteiger partial charge in [-0.1, -0.05) is 12.1 Å². The molecule has 1 aliphatic rings. The number of nitrogens with one attached hydrogen (secondary N) is 1. The number of halogens is 2. The monoisotopic (exact) mass is 238 g/mol. The van der Waals surface area contributed by atoms with E-state index < -0.39 is 17.7 Å². The summed E-state index contributed by atoms with van der Waals surface area (Å²) in [6, 6.07) is 3.57. The lowest BCUT2D eigenvalue weighted by atomic mass is 10.0. The number of piperazine rings is 1. The van der Waals surface area contributed by atoms with E-state index in [0.717, 1.165) is 26.2 Å². The maximum Gasteiger partial charge on any atom is 0.131 e. The Morgan fingerprint density at radius 2 is 1.82 bits per heavy atom. The highest BCUT2D eigenvalue weighted by Crippen LogP contribution is 2.27. The molecule has 0 aliphatic carbocycles. The third kappa shape index (κ3) is 2.53. The van der Waals surface area contributed by atoms with Gasteiger partial charge in [-0.3, -0.25) is 4.90 Å². The molecule has 0 saturated carbocycles. The molecule has 1 aliphatic heterocycles. The van der Waals surface area contributed by atoms with Crippen LogP contribution in [0.2, 0.25) is 0 Å². The predicted octanol–water partition coefficient (Wildman–Crippen LogP) is 2.10. The molecule has 0 unspecified atom stereocenters. The Kier molecular flexibility index (Phi) is 3.86. The first-order valence-corrected chi connectivity index (χ1v) is 5.75. The third-order valence-corrected chi connectivity index (χ3v) is 3.06. The van der Waals surface area contributed by atoms with Crippen LogP contribution < -0.4 is 5.32 Å². The van der Waals surface area contributed by atoms with Crippen LogP contribution in [0.5, 0.6) is 0 Å². The van der Waals surface area contributed by atoms with Crippen LogP contribution in [0.1, 0.15) is 11.6 Å². The molecule has 0 aromatic heterocycles. The molecule has 2 rings (SSSR count). The Hall–Kier alpha value is -1.26. The lowest BCUT2D eigenvalue weighted by Gasteiger charge is -2.33. The SMILES string of the molecule is C=C[C@@H](c1c(F)cccc1F)N1CCNCC1. The fourth-order valence-electron chi connectivity index (χ4n) is 2.20. The molecule has 2 nitrogen and oxygen atoms in total. The Balaban J connectivity index is 2.31. The van der Waals surface area contributed by atoms with Crippen molar-refractivity contribution in [3.8, 4) is 0 Å². The summed E-state index contributed by atoms with van der Waals surface area (Å²) in [4.78, 5) is 2.03. The molecule has 17 heavy (non-hydrogen) atoms. The normalized spacial score (nSPS) is 18.9. The topological polar surface area (TPSA) is 15.3 Å². The Morgan fingerprint density at radius 1 is 1.24 bits per heavy atom. The molecular formula is C13H16F2N2. The summed E-state index contributed by atoms with van der Waals surface area (Å²) in [7, 11) is 0. The number of hydrogen-bond acceptors (Lipinski definition) is 2. The van der Waals surface area contributed by atoms with Gasteiger partial charge in [0.1, 0.15) is 11.6 Å². The van der Waals surface area contributed by atoms with Gasteiger partial charge in [0.15, 0.2) is 0 Å². The highest BCUT2D eigenvalue weighted by atomic mass is 19.1. The van der Waals surface area contributed by atoms with Crippen molar-refractivity contribution in [3.63, 3.8) is 0 Å². The standard InChI is InChI=1S/C13H16F2N2/c1-2-12(17-8-6-16-7-9-17)13-10(14)4-3-5-11(13)15/h2-5,12,16H,1,6-9H2/t12-/m0/s1. The molecule has 4 heteroatoms. The summed E-state index contributed by atoms with van der Waals surface area (Å²) in [5.41, 5.74) is 0.101. The van der Waals surface area contributed by atoms with Gasteiger partial charge in [-0.05, 0) is 12.1 Å². The van der Waals surface area contributed by atoms with Crippen LogP contribution in [0.3, 0.4) is 0 Å². The molecule has 0 spiro atoms. The molecule has 1 heterocycles. The average Bonchev–Trinajstić information content (AvgIpc) is 2.35. The lowest BCUT2D eigenvalue weighted by Crippen LogP contribution is -2.45. The van der Waals surface area contributed by atoms with E-state index in [9.17, 15) is 8.78 Å². The van der Waals surface area contributed by atoms with Crippen molar-refractivity contribution in [2.45, 2.75) is 6.04 Å². The summed E-state index contributed by atoms with van der Waals surface area (Å²) in [6.45, 7) is 6.90. The molecule has 1 aromatic carbocycles. The van der Waals surface area contributed by atoms with Gasteiger partial charge in [0.2, 0.25) is 0 Å². The minimum atomic E-state index is -0.506. The van der Waals surface area contributed by atoms with E-state index in [4.69, 9.17) is 0 Å². The number of hydrogen-bond donors (Lipinski definition) is 1. The summed E-state index contributed by atoms with van der Waals surface area (Å²) in [5, 5.41) is 3.21. The van der Waals surface area contributed by atoms with E-state index in [1.807, 2.05) is 4.90 Å². The molecule has 1 N–H and O–H groups in total. The third-order valence-electron chi connectivity index (χ3n) is 3.06. The average molecular weight is 238 g/mol. The summed E-state index contributed by atoms with van der Waals surface area (Å²) in [5.74, 6) is -1.01. The molecule has 1 aromatic rings. The molecule has 0 bridgehead atoms. The Morgan fingerprint density at radius 3 is 2.35 bits per heavy atom. The Labute approximate surface area is 99.9 Å². The maximum absolute atomic E-state index is 13.7. The molecule has 1 saturated heterocycles. The van der Waals surface area contributed by atoms with Gasteiger partial charge in [-0.25, -0.2) is 8.78 Å². The minimum absolute atomic E-state index is 0.101. The van der Waals surface area contributed by atoms with E-state index >= 15 is 0 Å².